The van der Waals surface area contributed by atoms with Crippen LogP contribution in [0.1, 0.15) is 36.5 Å². The first kappa shape index (κ1) is 9.87. The van der Waals surface area contributed by atoms with Gasteiger partial charge in [-0.3, -0.25) is 4.79 Å². The van der Waals surface area contributed by atoms with Gasteiger partial charge in [-0.15, -0.1) is 0 Å². The van der Waals surface area contributed by atoms with Gasteiger partial charge >= 0.3 is 0 Å². The van der Waals surface area contributed by atoms with E-state index >= 15 is 0 Å². The molecule has 0 amide bonds. The van der Waals surface area contributed by atoms with Gasteiger partial charge in [0, 0.05) is 17.6 Å². The SMILES string of the molecule is CC1(C(=O)c2ccsc2)CCCCO1. The Balaban J connectivity index is 2.17. The van der Waals surface area contributed by atoms with Crippen LogP contribution in [0.4, 0.5) is 0 Å². The molecular weight excluding hydrogens is 196 g/mol. The highest BCUT2D eigenvalue weighted by atomic mass is 32.1. The molecule has 0 spiro atoms. The average molecular weight is 210 g/mol. The molecule has 2 rings (SSSR count). The van der Waals surface area contributed by atoms with Crippen LogP contribution in [0.2, 0.25) is 0 Å². The first-order chi connectivity index (χ1) is 6.72. The zero-order chi connectivity index (χ0) is 10.0. The molecule has 2 heterocycles. The monoisotopic (exact) mass is 210 g/mol. The van der Waals surface area contributed by atoms with Crippen LogP contribution in [0.25, 0.3) is 0 Å². The van der Waals surface area contributed by atoms with Crippen LogP contribution < -0.4 is 0 Å². The van der Waals surface area contributed by atoms with Gasteiger partial charge in [-0.25, -0.2) is 0 Å². The summed E-state index contributed by atoms with van der Waals surface area (Å²) in [5.74, 6) is 0.137. The molecule has 76 valence electrons. The van der Waals surface area contributed by atoms with E-state index in [0.717, 1.165) is 24.8 Å². The van der Waals surface area contributed by atoms with E-state index in [1.807, 2.05) is 23.8 Å². The maximum Gasteiger partial charge on any atom is 0.195 e. The van der Waals surface area contributed by atoms with Crippen LogP contribution >= 0.6 is 11.3 Å². The van der Waals surface area contributed by atoms with E-state index in [-0.39, 0.29) is 5.78 Å². The third-order valence-electron chi connectivity index (χ3n) is 2.73. The number of thiophene rings is 1. The maximum absolute atomic E-state index is 12.1. The zero-order valence-electron chi connectivity index (χ0n) is 8.29. The average Bonchev–Trinajstić information content (AvgIpc) is 2.70. The minimum absolute atomic E-state index is 0.137. The van der Waals surface area contributed by atoms with Gasteiger partial charge in [0.05, 0.1) is 0 Å². The molecule has 1 saturated heterocycles. The predicted octanol–water partition coefficient (Wildman–Crippen LogP) is 2.89. The van der Waals surface area contributed by atoms with Crippen molar-refractivity contribution in [3.8, 4) is 0 Å². The molecule has 3 heteroatoms. The van der Waals surface area contributed by atoms with Gasteiger partial charge in [0.15, 0.2) is 5.78 Å². The summed E-state index contributed by atoms with van der Waals surface area (Å²) < 4.78 is 5.61. The Kier molecular flexibility index (Phi) is 2.70. The quantitative estimate of drug-likeness (QED) is 0.702. The Morgan fingerprint density at radius 2 is 2.43 bits per heavy atom. The summed E-state index contributed by atoms with van der Waals surface area (Å²) >= 11 is 1.55. The van der Waals surface area contributed by atoms with Crippen LogP contribution in [0.15, 0.2) is 16.8 Å². The second-order valence-corrected chi connectivity index (χ2v) is 4.66. The molecule has 2 nitrogen and oxygen atoms in total. The van der Waals surface area contributed by atoms with Crippen molar-refractivity contribution in [2.24, 2.45) is 0 Å². The Bertz CT molecular complexity index is 310. The molecule has 1 aromatic rings. The number of ketones is 1. The highest BCUT2D eigenvalue weighted by Crippen LogP contribution is 2.28. The standard InChI is InChI=1S/C11H14O2S/c1-11(5-2-3-6-13-11)10(12)9-4-7-14-8-9/h4,7-8H,2-3,5-6H2,1H3. The number of ether oxygens (including phenoxy) is 1. The summed E-state index contributed by atoms with van der Waals surface area (Å²) in [6.07, 6.45) is 3.01. The van der Waals surface area contributed by atoms with E-state index in [1.165, 1.54) is 0 Å². The van der Waals surface area contributed by atoms with Crippen LogP contribution in [0.3, 0.4) is 0 Å². The summed E-state index contributed by atoms with van der Waals surface area (Å²) in [6.45, 7) is 2.62. The molecule has 0 bridgehead atoms. The van der Waals surface area contributed by atoms with Gasteiger partial charge in [-0.2, -0.15) is 11.3 Å². The van der Waals surface area contributed by atoms with Crippen molar-refractivity contribution in [2.75, 3.05) is 6.61 Å². The highest BCUT2D eigenvalue weighted by Gasteiger charge is 2.36. The smallest absolute Gasteiger partial charge is 0.195 e. The van der Waals surface area contributed by atoms with Crippen LogP contribution in [0, 0.1) is 0 Å². The van der Waals surface area contributed by atoms with E-state index < -0.39 is 5.60 Å². The van der Waals surface area contributed by atoms with Gasteiger partial charge in [0.2, 0.25) is 0 Å². The van der Waals surface area contributed by atoms with Gasteiger partial charge in [0.1, 0.15) is 5.60 Å². The van der Waals surface area contributed by atoms with Crippen LogP contribution in [0.5, 0.6) is 0 Å². The molecule has 1 aromatic heterocycles. The molecule has 1 atom stereocenters. The minimum Gasteiger partial charge on any atom is -0.367 e. The minimum atomic E-state index is -0.570. The topological polar surface area (TPSA) is 26.3 Å². The number of Topliss-reactive ketones (excluding diaryl/α,β-unsaturated/α-hetero) is 1. The summed E-state index contributed by atoms with van der Waals surface area (Å²) in [4.78, 5) is 12.1. The third kappa shape index (κ3) is 1.74. The molecule has 0 radical (unpaired) electrons. The number of carbonyl (C=O) groups is 1. The van der Waals surface area contributed by atoms with Crippen LogP contribution in [-0.4, -0.2) is 18.0 Å². The van der Waals surface area contributed by atoms with E-state index in [4.69, 9.17) is 4.74 Å². The second kappa shape index (κ2) is 3.83. The van der Waals surface area contributed by atoms with E-state index in [0.29, 0.717) is 6.61 Å². The Morgan fingerprint density at radius 3 is 3.00 bits per heavy atom. The second-order valence-electron chi connectivity index (χ2n) is 3.88. The first-order valence-electron chi connectivity index (χ1n) is 4.93. The lowest BCUT2D eigenvalue weighted by atomic mass is 9.89. The van der Waals surface area contributed by atoms with E-state index in [2.05, 4.69) is 0 Å². The molecule has 1 aliphatic heterocycles. The summed E-state index contributed by atoms with van der Waals surface area (Å²) in [5.41, 5.74) is 0.221. The molecule has 1 fully saturated rings. The Labute approximate surface area is 87.9 Å². The Hall–Kier alpha value is -0.670. The number of hydrogen-bond acceptors (Lipinski definition) is 3. The van der Waals surface area contributed by atoms with E-state index in [9.17, 15) is 4.79 Å². The Morgan fingerprint density at radius 1 is 1.57 bits per heavy atom. The fourth-order valence-corrected chi connectivity index (χ4v) is 2.45. The highest BCUT2D eigenvalue weighted by molar-refractivity contribution is 7.08. The molecule has 0 saturated carbocycles. The summed E-state index contributed by atoms with van der Waals surface area (Å²) in [5, 5.41) is 3.82. The van der Waals surface area contributed by atoms with Crippen molar-refractivity contribution in [2.45, 2.75) is 31.8 Å². The fraction of sp³-hybridized carbons (Fsp3) is 0.545. The number of rotatable bonds is 2. The lowest BCUT2D eigenvalue weighted by molar-refractivity contribution is -0.0425. The van der Waals surface area contributed by atoms with Crippen molar-refractivity contribution in [3.05, 3.63) is 22.4 Å². The lowest BCUT2D eigenvalue weighted by Gasteiger charge is -2.32. The predicted molar refractivity (Wildman–Crippen MR) is 56.9 cm³/mol. The van der Waals surface area contributed by atoms with Gasteiger partial charge in [0.25, 0.3) is 0 Å². The molecule has 0 N–H and O–H groups in total. The molecule has 1 aliphatic rings. The maximum atomic E-state index is 12.1. The fourth-order valence-electron chi connectivity index (χ4n) is 1.81. The van der Waals surface area contributed by atoms with Crippen molar-refractivity contribution in [1.29, 1.82) is 0 Å². The molecular formula is C11H14O2S. The largest absolute Gasteiger partial charge is 0.367 e. The summed E-state index contributed by atoms with van der Waals surface area (Å²) in [7, 11) is 0. The molecule has 0 aromatic carbocycles. The molecule has 1 unspecified atom stereocenters. The first-order valence-corrected chi connectivity index (χ1v) is 5.88. The van der Waals surface area contributed by atoms with Crippen LogP contribution in [-0.2, 0) is 4.74 Å². The lowest BCUT2D eigenvalue weighted by Crippen LogP contribution is -2.41. The van der Waals surface area contributed by atoms with Gasteiger partial charge in [-0.1, -0.05) is 0 Å². The summed E-state index contributed by atoms with van der Waals surface area (Å²) in [6, 6.07) is 1.87. The number of carbonyl (C=O) groups excluding carboxylic acids is 1. The van der Waals surface area contributed by atoms with Gasteiger partial charge in [-0.05, 0) is 37.6 Å². The van der Waals surface area contributed by atoms with Crippen molar-refractivity contribution in [1.82, 2.24) is 0 Å². The number of hydrogen-bond donors (Lipinski definition) is 0. The van der Waals surface area contributed by atoms with Crippen molar-refractivity contribution < 1.29 is 9.53 Å². The third-order valence-corrected chi connectivity index (χ3v) is 3.42. The molecule has 14 heavy (non-hydrogen) atoms. The molecule has 0 aliphatic carbocycles. The van der Waals surface area contributed by atoms with Crippen molar-refractivity contribution in [3.63, 3.8) is 0 Å². The van der Waals surface area contributed by atoms with Gasteiger partial charge < -0.3 is 4.74 Å². The van der Waals surface area contributed by atoms with E-state index in [1.54, 1.807) is 11.3 Å². The zero-order valence-corrected chi connectivity index (χ0v) is 9.10. The normalized spacial score (nSPS) is 27.5. The van der Waals surface area contributed by atoms with Crippen molar-refractivity contribution >= 4 is 17.1 Å².